The molecular weight excluding hydrogens is 272 g/mol. The van der Waals surface area contributed by atoms with E-state index in [4.69, 9.17) is 5.11 Å². The second kappa shape index (κ2) is 4.82. The molecule has 1 heterocycles. The summed E-state index contributed by atoms with van der Waals surface area (Å²) in [5.41, 5.74) is 0.140. The van der Waals surface area contributed by atoms with Gasteiger partial charge < -0.3 is 10.2 Å². The first-order valence-corrected chi connectivity index (χ1v) is 6.68. The summed E-state index contributed by atoms with van der Waals surface area (Å²) in [7, 11) is -3.98. The number of nitrogens with one attached hydrogen (secondary N) is 1. The number of carbonyl (C=O) groups is 1. The maximum atomic E-state index is 12.0. The Morgan fingerprint density at radius 3 is 2.74 bits per heavy atom. The summed E-state index contributed by atoms with van der Waals surface area (Å²) >= 11 is 0. The molecule has 2 rings (SSSR count). The second-order valence-corrected chi connectivity index (χ2v) is 5.44. The molecule has 0 spiro atoms. The first-order chi connectivity index (χ1) is 8.92. The summed E-state index contributed by atoms with van der Waals surface area (Å²) in [6, 6.07) is 5.41. The number of aromatic hydroxyl groups is 1. The predicted octanol–water partition coefficient (Wildman–Crippen LogP) is 0.303. The average Bonchev–Trinajstić information content (AvgIpc) is 2.37. The van der Waals surface area contributed by atoms with Crippen LogP contribution in [0, 0.1) is 0 Å². The Balaban J connectivity index is 2.57. The van der Waals surface area contributed by atoms with E-state index in [1.807, 2.05) is 4.72 Å². The number of aromatic nitrogens is 1. The molecule has 8 heteroatoms. The highest BCUT2D eigenvalue weighted by molar-refractivity contribution is 7.89. The highest BCUT2D eigenvalue weighted by Gasteiger charge is 2.19. The minimum atomic E-state index is -3.98. The fraction of sp³-hybridized carbons (Fsp3) is 0.0909. The van der Waals surface area contributed by atoms with Crippen LogP contribution in [0.15, 0.2) is 35.4 Å². The number of nitrogens with zero attached hydrogens (tertiary/aromatic N) is 1. The number of phenols is 1. The minimum Gasteiger partial charge on any atom is -0.506 e. The van der Waals surface area contributed by atoms with Crippen LogP contribution in [0.25, 0.3) is 10.9 Å². The Morgan fingerprint density at radius 2 is 2.05 bits per heavy atom. The van der Waals surface area contributed by atoms with Gasteiger partial charge in [0.1, 0.15) is 17.8 Å². The highest BCUT2D eigenvalue weighted by atomic mass is 32.2. The number of carboxylic acids is 1. The maximum absolute atomic E-state index is 12.0. The second-order valence-electron chi connectivity index (χ2n) is 3.70. The van der Waals surface area contributed by atoms with Crippen molar-refractivity contribution >= 4 is 26.9 Å². The highest BCUT2D eigenvalue weighted by Crippen LogP contribution is 2.28. The molecule has 0 fully saturated rings. The van der Waals surface area contributed by atoms with Gasteiger partial charge in [0, 0.05) is 11.6 Å². The van der Waals surface area contributed by atoms with Gasteiger partial charge in [-0.3, -0.25) is 9.78 Å². The summed E-state index contributed by atoms with van der Waals surface area (Å²) in [5.74, 6) is -1.43. The predicted molar refractivity (Wildman–Crippen MR) is 66.2 cm³/mol. The van der Waals surface area contributed by atoms with Gasteiger partial charge in [0.15, 0.2) is 0 Å². The normalized spacial score (nSPS) is 11.6. The standard InChI is InChI=1S/C11H10N2O5S/c14-8-3-4-9(7-2-1-5-12-11(7)8)19(17,18)13-6-10(15)16/h1-5,13-14H,6H2,(H,15,16). The molecule has 100 valence electrons. The monoisotopic (exact) mass is 282 g/mol. The van der Waals surface area contributed by atoms with Gasteiger partial charge in [-0.05, 0) is 24.3 Å². The number of aliphatic carboxylic acids is 1. The third-order valence-corrected chi connectivity index (χ3v) is 3.87. The van der Waals surface area contributed by atoms with Crippen molar-refractivity contribution in [2.24, 2.45) is 0 Å². The largest absolute Gasteiger partial charge is 0.506 e. The molecule has 0 radical (unpaired) electrons. The molecule has 0 aliphatic rings. The van der Waals surface area contributed by atoms with Crippen molar-refractivity contribution in [3.05, 3.63) is 30.5 Å². The molecule has 7 nitrogen and oxygen atoms in total. The van der Waals surface area contributed by atoms with Gasteiger partial charge in [-0.1, -0.05) is 0 Å². The van der Waals surface area contributed by atoms with Crippen LogP contribution in [0.4, 0.5) is 0 Å². The summed E-state index contributed by atoms with van der Waals surface area (Å²) < 4.78 is 25.9. The Kier molecular flexibility index (Phi) is 3.36. The number of pyridine rings is 1. The third-order valence-electron chi connectivity index (χ3n) is 2.41. The summed E-state index contributed by atoms with van der Waals surface area (Å²) in [6.07, 6.45) is 1.42. The van der Waals surface area contributed by atoms with E-state index in [0.717, 1.165) is 0 Å². The zero-order valence-electron chi connectivity index (χ0n) is 9.57. The smallest absolute Gasteiger partial charge is 0.318 e. The first kappa shape index (κ1) is 13.2. The zero-order valence-corrected chi connectivity index (χ0v) is 10.4. The number of carboxylic acid groups (broad SMARTS) is 1. The van der Waals surface area contributed by atoms with Crippen molar-refractivity contribution in [1.82, 2.24) is 9.71 Å². The van der Waals surface area contributed by atoms with Gasteiger partial charge in [0.2, 0.25) is 10.0 Å². The van der Waals surface area contributed by atoms with Crippen LogP contribution >= 0.6 is 0 Å². The molecule has 19 heavy (non-hydrogen) atoms. The topological polar surface area (TPSA) is 117 Å². The van der Waals surface area contributed by atoms with Crippen LogP contribution in [0.1, 0.15) is 0 Å². The van der Waals surface area contributed by atoms with E-state index in [0.29, 0.717) is 0 Å². The molecular formula is C11H10N2O5S. The quantitative estimate of drug-likeness (QED) is 0.742. The molecule has 0 atom stereocenters. The number of sulfonamides is 1. The zero-order chi connectivity index (χ0) is 14.0. The molecule has 0 aliphatic carbocycles. The Morgan fingerprint density at radius 1 is 1.32 bits per heavy atom. The first-order valence-electron chi connectivity index (χ1n) is 5.20. The van der Waals surface area contributed by atoms with E-state index in [2.05, 4.69) is 4.98 Å². The lowest BCUT2D eigenvalue weighted by Crippen LogP contribution is -2.29. The molecule has 0 saturated carbocycles. The minimum absolute atomic E-state index is 0.130. The van der Waals surface area contributed by atoms with Crippen LogP contribution < -0.4 is 4.72 Å². The average molecular weight is 282 g/mol. The molecule has 0 unspecified atom stereocenters. The van der Waals surface area contributed by atoms with Crippen LogP contribution in [0.3, 0.4) is 0 Å². The van der Waals surface area contributed by atoms with Crippen LogP contribution in [0.5, 0.6) is 5.75 Å². The van der Waals surface area contributed by atoms with Gasteiger partial charge in [-0.2, -0.15) is 4.72 Å². The molecule has 2 aromatic rings. The lowest BCUT2D eigenvalue weighted by Gasteiger charge is -2.08. The van der Waals surface area contributed by atoms with E-state index in [-0.39, 0.29) is 21.5 Å². The van der Waals surface area contributed by atoms with Crippen molar-refractivity contribution in [3.8, 4) is 5.75 Å². The SMILES string of the molecule is O=C(O)CNS(=O)(=O)c1ccc(O)c2ncccc12. The fourth-order valence-electron chi connectivity index (χ4n) is 1.60. The summed E-state index contributed by atoms with van der Waals surface area (Å²) in [4.78, 5) is 14.2. The molecule has 3 N–H and O–H groups in total. The Labute approximate surface area is 108 Å². The van der Waals surface area contributed by atoms with Crippen LogP contribution in [-0.4, -0.2) is 36.1 Å². The number of phenolic OH excluding ortho intramolecular Hbond substituents is 1. The number of hydrogen-bond acceptors (Lipinski definition) is 5. The molecule has 0 bridgehead atoms. The number of fused-ring (bicyclic) bond motifs is 1. The molecule has 0 amide bonds. The van der Waals surface area contributed by atoms with Crippen molar-refractivity contribution in [3.63, 3.8) is 0 Å². The van der Waals surface area contributed by atoms with Crippen molar-refractivity contribution in [2.75, 3.05) is 6.54 Å². The summed E-state index contributed by atoms with van der Waals surface area (Å²) in [5, 5.41) is 18.3. The number of hydrogen-bond donors (Lipinski definition) is 3. The van der Waals surface area contributed by atoms with Crippen LogP contribution in [-0.2, 0) is 14.8 Å². The van der Waals surface area contributed by atoms with Crippen molar-refractivity contribution < 1.29 is 23.4 Å². The van der Waals surface area contributed by atoms with Crippen LogP contribution in [0.2, 0.25) is 0 Å². The van der Waals surface area contributed by atoms with Gasteiger partial charge >= 0.3 is 5.97 Å². The van der Waals surface area contributed by atoms with Gasteiger partial charge in [0.25, 0.3) is 0 Å². The lowest BCUT2D eigenvalue weighted by atomic mass is 10.2. The summed E-state index contributed by atoms with van der Waals surface area (Å²) in [6.45, 7) is -0.717. The van der Waals surface area contributed by atoms with E-state index in [1.54, 1.807) is 0 Å². The lowest BCUT2D eigenvalue weighted by molar-refractivity contribution is -0.135. The van der Waals surface area contributed by atoms with E-state index < -0.39 is 22.5 Å². The maximum Gasteiger partial charge on any atom is 0.318 e. The van der Waals surface area contributed by atoms with Crippen molar-refractivity contribution in [1.29, 1.82) is 0 Å². The molecule has 1 aromatic heterocycles. The van der Waals surface area contributed by atoms with E-state index >= 15 is 0 Å². The van der Waals surface area contributed by atoms with Crippen molar-refractivity contribution in [2.45, 2.75) is 4.90 Å². The molecule has 0 aliphatic heterocycles. The Hall–Kier alpha value is -2.19. The van der Waals surface area contributed by atoms with Gasteiger partial charge in [-0.25, -0.2) is 8.42 Å². The van der Waals surface area contributed by atoms with E-state index in [1.165, 1.54) is 30.5 Å². The molecule has 1 aromatic carbocycles. The number of rotatable bonds is 4. The van der Waals surface area contributed by atoms with Gasteiger partial charge in [0.05, 0.1) is 4.90 Å². The van der Waals surface area contributed by atoms with Gasteiger partial charge in [-0.15, -0.1) is 0 Å². The fourth-order valence-corrected chi connectivity index (χ4v) is 2.77. The number of benzene rings is 1. The third kappa shape index (κ3) is 2.64. The molecule has 0 saturated heterocycles. The Bertz CT molecular complexity index is 742. The van der Waals surface area contributed by atoms with E-state index in [9.17, 15) is 18.3 Å².